The van der Waals surface area contributed by atoms with Crippen LogP contribution in [-0.4, -0.2) is 28.9 Å². The number of hydrogen-bond donors (Lipinski definition) is 0. The van der Waals surface area contributed by atoms with Crippen LogP contribution in [0, 0.1) is 19.8 Å². The van der Waals surface area contributed by atoms with Crippen LogP contribution < -0.4 is 0 Å². The second kappa shape index (κ2) is 7.75. The van der Waals surface area contributed by atoms with Crippen molar-refractivity contribution in [1.29, 1.82) is 0 Å². The first kappa shape index (κ1) is 16.9. The third-order valence-corrected chi connectivity index (χ3v) is 5.03. The highest BCUT2D eigenvalue weighted by Crippen LogP contribution is 2.23. The van der Waals surface area contributed by atoms with Crippen molar-refractivity contribution in [1.82, 2.24) is 10.1 Å². The smallest absolute Gasteiger partial charge is 0.138 e. The van der Waals surface area contributed by atoms with Gasteiger partial charge >= 0.3 is 0 Å². The van der Waals surface area contributed by atoms with Crippen molar-refractivity contribution in [3.63, 3.8) is 0 Å². The molecule has 2 heterocycles. The highest BCUT2D eigenvalue weighted by Gasteiger charge is 2.26. The van der Waals surface area contributed by atoms with E-state index in [0.29, 0.717) is 12.2 Å². The number of aryl methyl sites for hydroxylation is 3. The number of piperidine rings is 1. The van der Waals surface area contributed by atoms with Crippen LogP contribution in [0.5, 0.6) is 0 Å². The fourth-order valence-electron chi connectivity index (χ4n) is 3.53. The van der Waals surface area contributed by atoms with Crippen molar-refractivity contribution in [3.8, 4) is 0 Å². The lowest BCUT2D eigenvalue weighted by Gasteiger charge is -2.32. The first-order valence-corrected chi connectivity index (χ1v) is 8.84. The van der Waals surface area contributed by atoms with E-state index in [1.54, 1.807) is 0 Å². The predicted molar refractivity (Wildman–Crippen MR) is 93.7 cm³/mol. The SMILES string of the molecule is Cc1noc(C)c1CN1CCC[C@@H](C(=O)CCc2ccccc2)C1. The van der Waals surface area contributed by atoms with Gasteiger partial charge in [-0.2, -0.15) is 0 Å². The van der Waals surface area contributed by atoms with Gasteiger partial charge in [-0.25, -0.2) is 0 Å². The van der Waals surface area contributed by atoms with E-state index in [0.717, 1.165) is 50.4 Å². The van der Waals surface area contributed by atoms with E-state index in [4.69, 9.17) is 4.52 Å². The van der Waals surface area contributed by atoms with Crippen LogP contribution in [0.3, 0.4) is 0 Å². The predicted octanol–water partition coefficient (Wildman–Crippen LogP) is 3.71. The van der Waals surface area contributed by atoms with Gasteiger partial charge in [0, 0.05) is 31.0 Å². The second-order valence-electron chi connectivity index (χ2n) is 6.83. The highest BCUT2D eigenvalue weighted by molar-refractivity contribution is 5.81. The Morgan fingerprint density at radius 3 is 2.79 bits per heavy atom. The summed E-state index contributed by atoms with van der Waals surface area (Å²) in [6, 6.07) is 10.3. The van der Waals surface area contributed by atoms with Crippen molar-refractivity contribution in [2.75, 3.05) is 13.1 Å². The van der Waals surface area contributed by atoms with Gasteiger partial charge in [0.05, 0.1) is 5.69 Å². The molecule has 1 aromatic heterocycles. The summed E-state index contributed by atoms with van der Waals surface area (Å²) in [7, 11) is 0. The van der Waals surface area contributed by atoms with Gasteiger partial charge in [-0.1, -0.05) is 35.5 Å². The molecule has 0 amide bonds. The summed E-state index contributed by atoms with van der Waals surface area (Å²) < 4.78 is 5.26. The number of Topliss-reactive ketones (excluding diaryl/α,β-unsaturated/α-hetero) is 1. The molecule has 1 fully saturated rings. The molecule has 2 aromatic rings. The van der Waals surface area contributed by atoms with Crippen LogP contribution in [0.1, 0.15) is 41.8 Å². The fourth-order valence-corrected chi connectivity index (χ4v) is 3.53. The molecule has 4 nitrogen and oxygen atoms in total. The van der Waals surface area contributed by atoms with Gasteiger partial charge in [0.25, 0.3) is 0 Å². The molecule has 3 rings (SSSR count). The molecule has 0 radical (unpaired) electrons. The van der Waals surface area contributed by atoms with Crippen LogP contribution in [0.25, 0.3) is 0 Å². The minimum Gasteiger partial charge on any atom is -0.361 e. The molecule has 1 saturated heterocycles. The molecule has 0 saturated carbocycles. The van der Waals surface area contributed by atoms with E-state index in [1.807, 2.05) is 32.0 Å². The zero-order valence-corrected chi connectivity index (χ0v) is 14.6. The standard InChI is InChI=1S/C20H26N2O2/c1-15-19(16(2)24-21-15)14-22-12-6-9-18(13-22)20(23)11-10-17-7-4-3-5-8-17/h3-5,7-8,18H,6,9-14H2,1-2H3/t18-/m1/s1. The highest BCUT2D eigenvalue weighted by atomic mass is 16.5. The molecule has 0 aliphatic carbocycles. The third kappa shape index (κ3) is 4.12. The molecule has 1 atom stereocenters. The van der Waals surface area contributed by atoms with Gasteiger partial charge in [-0.3, -0.25) is 9.69 Å². The number of nitrogens with zero attached hydrogens (tertiary/aromatic N) is 2. The van der Waals surface area contributed by atoms with Crippen molar-refractivity contribution in [2.24, 2.45) is 5.92 Å². The molecular formula is C20H26N2O2. The second-order valence-corrected chi connectivity index (χ2v) is 6.83. The molecular weight excluding hydrogens is 300 g/mol. The number of likely N-dealkylation sites (tertiary alicyclic amines) is 1. The lowest BCUT2D eigenvalue weighted by atomic mass is 9.90. The quantitative estimate of drug-likeness (QED) is 0.812. The summed E-state index contributed by atoms with van der Waals surface area (Å²) in [5, 5.41) is 4.03. The average molecular weight is 326 g/mol. The van der Waals surface area contributed by atoms with Crippen LogP contribution >= 0.6 is 0 Å². The first-order valence-electron chi connectivity index (χ1n) is 8.84. The topological polar surface area (TPSA) is 46.3 Å². The minimum absolute atomic E-state index is 0.169. The fraction of sp³-hybridized carbons (Fsp3) is 0.500. The van der Waals surface area contributed by atoms with Gasteiger partial charge in [0.2, 0.25) is 0 Å². The molecule has 0 spiro atoms. The summed E-state index contributed by atoms with van der Waals surface area (Å²) in [5.74, 6) is 1.47. The molecule has 128 valence electrons. The van der Waals surface area contributed by atoms with Gasteiger partial charge < -0.3 is 4.52 Å². The Bertz CT molecular complexity index is 659. The number of benzene rings is 1. The minimum atomic E-state index is 0.169. The van der Waals surface area contributed by atoms with Crippen LogP contribution in [0.15, 0.2) is 34.9 Å². The Morgan fingerprint density at radius 2 is 2.08 bits per heavy atom. The molecule has 0 N–H and O–H groups in total. The summed E-state index contributed by atoms with van der Waals surface area (Å²) in [5.41, 5.74) is 3.38. The number of aromatic nitrogens is 1. The summed E-state index contributed by atoms with van der Waals surface area (Å²) in [6.45, 7) is 6.69. The van der Waals surface area contributed by atoms with E-state index in [9.17, 15) is 4.79 Å². The molecule has 4 heteroatoms. The first-order chi connectivity index (χ1) is 11.6. The number of ketones is 1. The number of carbonyl (C=O) groups excluding carboxylic acids is 1. The van der Waals surface area contributed by atoms with Crippen molar-refractivity contribution < 1.29 is 9.32 Å². The Morgan fingerprint density at radius 1 is 1.29 bits per heavy atom. The van der Waals surface area contributed by atoms with Gasteiger partial charge in [0.15, 0.2) is 0 Å². The largest absolute Gasteiger partial charge is 0.361 e. The molecule has 1 aliphatic rings. The molecule has 1 aliphatic heterocycles. The van der Waals surface area contributed by atoms with Crippen molar-refractivity contribution >= 4 is 5.78 Å². The van der Waals surface area contributed by atoms with Crippen molar-refractivity contribution in [3.05, 3.63) is 52.9 Å². The Labute approximate surface area is 143 Å². The molecule has 0 bridgehead atoms. The van der Waals surface area contributed by atoms with E-state index in [1.165, 1.54) is 11.1 Å². The zero-order valence-electron chi connectivity index (χ0n) is 14.6. The number of rotatable bonds is 6. The monoisotopic (exact) mass is 326 g/mol. The van der Waals surface area contributed by atoms with Gasteiger partial charge in [-0.05, 0) is 45.2 Å². The van der Waals surface area contributed by atoms with Crippen LogP contribution in [0.2, 0.25) is 0 Å². The molecule has 1 aromatic carbocycles. The lowest BCUT2D eigenvalue weighted by molar-refractivity contribution is -0.124. The van der Waals surface area contributed by atoms with E-state index in [-0.39, 0.29) is 5.92 Å². The maximum Gasteiger partial charge on any atom is 0.138 e. The van der Waals surface area contributed by atoms with Crippen molar-refractivity contribution in [2.45, 2.75) is 46.1 Å². The normalized spacial score (nSPS) is 18.7. The van der Waals surface area contributed by atoms with E-state index in [2.05, 4.69) is 22.2 Å². The Kier molecular flexibility index (Phi) is 5.46. The summed E-state index contributed by atoms with van der Waals surface area (Å²) in [6.07, 6.45) is 3.60. The summed E-state index contributed by atoms with van der Waals surface area (Å²) in [4.78, 5) is 15.0. The zero-order chi connectivity index (χ0) is 16.9. The third-order valence-electron chi connectivity index (χ3n) is 5.03. The number of hydrogen-bond acceptors (Lipinski definition) is 4. The van der Waals surface area contributed by atoms with Crippen LogP contribution in [0.4, 0.5) is 0 Å². The van der Waals surface area contributed by atoms with E-state index >= 15 is 0 Å². The van der Waals surface area contributed by atoms with E-state index < -0.39 is 0 Å². The number of carbonyl (C=O) groups is 1. The average Bonchev–Trinajstić information content (AvgIpc) is 2.93. The lowest BCUT2D eigenvalue weighted by Crippen LogP contribution is -2.38. The Balaban J connectivity index is 1.54. The van der Waals surface area contributed by atoms with Gasteiger partial charge in [-0.15, -0.1) is 0 Å². The Hall–Kier alpha value is -1.94. The maximum atomic E-state index is 12.6. The summed E-state index contributed by atoms with van der Waals surface area (Å²) >= 11 is 0. The molecule has 24 heavy (non-hydrogen) atoms. The molecule has 0 unspecified atom stereocenters. The van der Waals surface area contributed by atoms with Gasteiger partial charge in [0.1, 0.15) is 11.5 Å². The maximum absolute atomic E-state index is 12.6. The van der Waals surface area contributed by atoms with Crippen LogP contribution in [-0.2, 0) is 17.8 Å².